The number of furan rings is 1. The molecule has 1 N–H and O–H groups in total. The lowest BCUT2D eigenvalue weighted by molar-refractivity contribution is 0.0333. The van der Waals surface area contributed by atoms with E-state index in [-0.39, 0.29) is 16.3 Å². The summed E-state index contributed by atoms with van der Waals surface area (Å²) in [5.41, 5.74) is 2.13. The minimum Gasteiger partial charge on any atom is -0.459 e. The molecule has 0 radical (unpaired) electrons. The molecule has 0 unspecified atom stereocenters. The molecule has 0 atom stereocenters. The molecule has 1 heterocycles. The Bertz CT molecular complexity index is 721. The number of benzene rings is 1. The van der Waals surface area contributed by atoms with Crippen molar-refractivity contribution in [3.63, 3.8) is 0 Å². The first kappa shape index (κ1) is 17.4. The number of nitrogens with one attached hydrogen (secondary N) is 1. The Morgan fingerprint density at radius 2 is 1.87 bits per heavy atom. The summed E-state index contributed by atoms with van der Waals surface area (Å²) in [4.78, 5) is 25.0. The number of amides is 2. The number of hydrazine groups is 1. The largest absolute Gasteiger partial charge is 0.459 e. The molecule has 0 saturated heterocycles. The first-order chi connectivity index (χ1) is 10.7. The summed E-state index contributed by atoms with van der Waals surface area (Å²) in [6, 6.07) is 7.65. The van der Waals surface area contributed by atoms with Crippen LogP contribution < -0.4 is 5.43 Å². The van der Waals surface area contributed by atoms with Crippen LogP contribution in [-0.4, -0.2) is 22.4 Å². The van der Waals surface area contributed by atoms with E-state index in [1.165, 1.54) is 29.5 Å². The molecule has 23 heavy (non-hydrogen) atoms. The Balaban J connectivity index is 2.28. The molecule has 0 bridgehead atoms. The van der Waals surface area contributed by atoms with Crippen molar-refractivity contribution in [1.29, 1.82) is 0 Å². The van der Waals surface area contributed by atoms with E-state index in [1.807, 2.05) is 0 Å². The third kappa shape index (κ3) is 4.06. The van der Waals surface area contributed by atoms with Crippen molar-refractivity contribution in [3.8, 4) is 0 Å². The maximum absolute atomic E-state index is 12.5. The lowest BCUT2D eigenvalue weighted by Gasteiger charge is -2.34. The fraction of sp³-hybridized carbons (Fsp3) is 0.250. The highest BCUT2D eigenvalue weighted by atomic mass is 35.5. The van der Waals surface area contributed by atoms with Crippen LogP contribution in [0.4, 0.5) is 0 Å². The van der Waals surface area contributed by atoms with E-state index in [1.54, 1.807) is 32.9 Å². The van der Waals surface area contributed by atoms with Crippen LogP contribution in [-0.2, 0) is 0 Å². The van der Waals surface area contributed by atoms with Crippen LogP contribution >= 0.6 is 23.2 Å². The third-order valence-electron chi connectivity index (χ3n) is 2.99. The second-order valence-electron chi connectivity index (χ2n) is 5.85. The van der Waals surface area contributed by atoms with E-state index in [9.17, 15) is 9.59 Å². The zero-order valence-corrected chi connectivity index (χ0v) is 14.4. The van der Waals surface area contributed by atoms with Gasteiger partial charge in [-0.2, -0.15) is 0 Å². The van der Waals surface area contributed by atoms with Crippen molar-refractivity contribution in [2.45, 2.75) is 26.3 Å². The van der Waals surface area contributed by atoms with Gasteiger partial charge in [0.2, 0.25) is 0 Å². The van der Waals surface area contributed by atoms with Gasteiger partial charge in [-0.15, -0.1) is 0 Å². The number of halogens is 2. The molecule has 5 nitrogen and oxygen atoms in total. The number of carbonyl (C=O) groups is 2. The van der Waals surface area contributed by atoms with E-state index in [0.29, 0.717) is 5.02 Å². The Kier molecular flexibility index (Phi) is 5.02. The summed E-state index contributed by atoms with van der Waals surface area (Å²) in [5, 5.41) is 1.83. The molecule has 0 saturated carbocycles. The monoisotopic (exact) mass is 354 g/mol. The van der Waals surface area contributed by atoms with Crippen LogP contribution in [0.2, 0.25) is 10.0 Å². The number of hydrogen-bond acceptors (Lipinski definition) is 3. The SMILES string of the molecule is CC(C)(C)N(NC(=O)c1ccc(Cl)cc1Cl)C(=O)c1ccco1. The van der Waals surface area contributed by atoms with Crippen LogP contribution in [0.3, 0.4) is 0 Å². The minimum absolute atomic E-state index is 0.127. The standard InChI is InChI=1S/C16H16Cl2N2O3/c1-16(2,3)20(15(22)13-5-4-8-23-13)19-14(21)11-7-6-10(17)9-12(11)18/h4-9H,1-3H3,(H,19,21). The summed E-state index contributed by atoms with van der Waals surface area (Å²) in [7, 11) is 0. The zero-order valence-electron chi connectivity index (χ0n) is 12.9. The first-order valence-electron chi connectivity index (χ1n) is 6.84. The van der Waals surface area contributed by atoms with E-state index in [4.69, 9.17) is 27.6 Å². The molecule has 0 aliphatic rings. The quantitative estimate of drug-likeness (QED) is 0.823. The van der Waals surface area contributed by atoms with Gasteiger partial charge >= 0.3 is 5.91 Å². The minimum atomic E-state index is -0.668. The normalized spacial score (nSPS) is 11.2. The predicted octanol–water partition coefficient (Wildman–Crippen LogP) is 4.17. The number of rotatable bonds is 2. The number of carbonyl (C=O) groups excluding carboxylic acids is 2. The van der Waals surface area contributed by atoms with Crippen LogP contribution in [0.5, 0.6) is 0 Å². The van der Waals surface area contributed by atoms with E-state index in [0.717, 1.165) is 0 Å². The zero-order chi connectivity index (χ0) is 17.2. The Labute approximate surface area is 144 Å². The van der Waals surface area contributed by atoms with Gasteiger partial charge in [0.15, 0.2) is 5.76 Å². The van der Waals surface area contributed by atoms with Gasteiger partial charge in [0.25, 0.3) is 5.91 Å². The van der Waals surface area contributed by atoms with Gasteiger partial charge in [0, 0.05) is 5.02 Å². The summed E-state index contributed by atoms with van der Waals surface area (Å²) < 4.78 is 5.11. The highest BCUT2D eigenvalue weighted by molar-refractivity contribution is 6.36. The Morgan fingerprint density at radius 1 is 1.17 bits per heavy atom. The lowest BCUT2D eigenvalue weighted by atomic mass is 10.1. The van der Waals surface area contributed by atoms with E-state index < -0.39 is 17.4 Å². The van der Waals surface area contributed by atoms with E-state index >= 15 is 0 Å². The molecule has 2 amide bonds. The van der Waals surface area contributed by atoms with Gasteiger partial charge in [0.05, 0.1) is 22.4 Å². The molecule has 1 aromatic carbocycles. The highest BCUT2D eigenvalue weighted by Crippen LogP contribution is 2.22. The molecule has 2 rings (SSSR count). The molecule has 1 aromatic heterocycles. The van der Waals surface area contributed by atoms with Gasteiger partial charge in [0.1, 0.15) is 0 Å². The highest BCUT2D eigenvalue weighted by Gasteiger charge is 2.31. The lowest BCUT2D eigenvalue weighted by Crippen LogP contribution is -2.55. The predicted molar refractivity (Wildman–Crippen MR) is 88.6 cm³/mol. The molecule has 0 fully saturated rings. The average molecular weight is 355 g/mol. The van der Waals surface area contributed by atoms with Crippen molar-refractivity contribution < 1.29 is 14.0 Å². The van der Waals surface area contributed by atoms with Crippen LogP contribution in [0.1, 0.15) is 41.7 Å². The fourth-order valence-electron chi connectivity index (χ4n) is 1.87. The third-order valence-corrected chi connectivity index (χ3v) is 3.54. The topological polar surface area (TPSA) is 62.6 Å². The smallest absolute Gasteiger partial charge is 0.308 e. The summed E-state index contributed by atoms with van der Waals surface area (Å²) in [6.07, 6.45) is 1.39. The maximum atomic E-state index is 12.5. The second-order valence-corrected chi connectivity index (χ2v) is 6.70. The van der Waals surface area contributed by atoms with Gasteiger partial charge in [-0.25, -0.2) is 5.01 Å². The molecular weight excluding hydrogens is 339 g/mol. The molecule has 0 aliphatic carbocycles. The van der Waals surface area contributed by atoms with Gasteiger partial charge in [-0.3, -0.25) is 15.0 Å². The van der Waals surface area contributed by atoms with Crippen molar-refractivity contribution in [1.82, 2.24) is 10.4 Å². The summed E-state index contributed by atoms with van der Waals surface area (Å²) >= 11 is 11.9. The first-order valence-corrected chi connectivity index (χ1v) is 7.60. The Morgan fingerprint density at radius 3 is 2.39 bits per heavy atom. The van der Waals surface area contributed by atoms with Crippen molar-refractivity contribution in [2.24, 2.45) is 0 Å². The average Bonchev–Trinajstić information content (AvgIpc) is 2.96. The second kappa shape index (κ2) is 6.64. The van der Waals surface area contributed by atoms with Crippen molar-refractivity contribution in [2.75, 3.05) is 0 Å². The van der Waals surface area contributed by atoms with Crippen LogP contribution in [0, 0.1) is 0 Å². The Hall–Kier alpha value is -1.98. The van der Waals surface area contributed by atoms with Gasteiger partial charge < -0.3 is 4.42 Å². The number of nitrogens with zero attached hydrogens (tertiary/aromatic N) is 1. The molecule has 0 spiro atoms. The molecule has 122 valence electrons. The summed E-state index contributed by atoms with van der Waals surface area (Å²) in [5.74, 6) is -0.843. The summed E-state index contributed by atoms with van der Waals surface area (Å²) in [6.45, 7) is 5.37. The fourth-order valence-corrected chi connectivity index (χ4v) is 2.36. The van der Waals surface area contributed by atoms with Crippen molar-refractivity contribution >= 4 is 35.0 Å². The van der Waals surface area contributed by atoms with Crippen LogP contribution in [0.25, 0.3) is 0 Å². The van der Waals surface area contributed by atoms with Crippen LogP contribution in [0.15, 0.2) is 41.0 Å². The molecule has 7 heteroatoms. The number of hydrogen-bond donors (Lipinski definition) is 1. The van der Waals surface area contributed by atoms with E-state index in [2.05, 4.69) is 5.43 Å². The molecule has 2 aromatic rings. The maximum Gasteiger partial charge on any atom is 0.308 e. The molecular formula is C16H16Cl2N2O3. The van der Waals surface area contributed by atoms with Crippen molar-refractivity contribution in [3.05, 3.63) is 58.0 Å². The molecule has 0 aliphatic heterocycles. The van der Waals surface area contributed by atoms with Gasteiger partial charge in [-0.05, 0) is 51.1 Å². The van der Waals surface area contributed by atoms with Gasteiger partial charge in [-0.1, -0.05) is 23.2 Å².